The van der Waals surface area contributed by atoms with Gasteiger partial charge in [-0.05, 0) is 67.6 Å². The van der Waals surface area contributed by atoms with Gasteiger partial charge in [-0.2, -0.15) is 18.3 Å². The minimum Gasteiger partial charge on any atom is -0.321 e. The molecule has 10 heteroatoms. The largest absolute Gasteiger partial charge is 0.416 e. The molecule has 0 bridgehead atoms. The summed E-state index contributed by atoms with van der Waals surface area (Å²) in [4.78, 5) is 17.4. The number of halogens is 5. The number of carbonyl (C=O) groups excluding carboxylic acids is 1. The number of rotatable bonds is 4. The molecule has 1 aliphatic rings. The Morgan fingerprint density at radius 3 is 2.21 bits per heavy atom. The number of nitrogens with one attached hydrogen (secondary N) is 1. The van der Waals surface area contributed by atoms with Gasteiger partial charge in [0.15, 0.2) is 0 Å². The van der Waals surface area contributed by atoms with E-state index in [0.717, 1.165) is 12.1 Å². The standard InChI is InChI=1S/C23H17Cl2F3N4O/c1-22(20-11-6-16(25)13-29-20)12-19(31-32(22)18-9-4-15(24)5-10-18)21(33)30-17-7-2-14(3-8-17)23(26,27)28/h2-11,13H,12H2,1H3,(H,30,33). The predicted molar refractivity (Wildman–Crippen MR) is 123 cm³/mol. The third-order valence-electron chi connectivity index (χ3n) is 5.28. The Bertz CT molecular complexity index is 1200. The summed E-state index contributed by atoms with van der Waals surface area (Å²) in [6, 6.07) is 14.7. The van der Waals surface area contributed by atoms with E-state index in [1.165, 1.54) is 18.3 Å². The van der Waals surface area contributed by atoms with Gasteiger partial charge in [0.2, 0.25) is 0 Å². The van der Waals surface area contributed by atoms with Gasteiger partial charge in [0.05, 0.1) is 22.0 Å². The third-order valence-corrected chi connectivity index (χ3v) is 5.76. The predicted octanol–water partition coefficient (Wildman–Crippen LogP) is 6.53. The Labute approximate surface area is 197 Å². The van der Waals surface area contributed by atoms with Crippen LogP contribution in [0.2, 0.25) is 10.0 Å². The second kappa shape index (κ2) is 8.68. The molecule has 1 N–H and O–H groups in total. The van der Waals surface area contributed by atoms with E-state index in [9.17, 15) is 18.0 Å². The van der Waals surface area contributed by atoms with E-state index in [0.29, 0.717) is 21.4 Å². The number of hydrogen-bond donors (Lipinski definition) is 1. The zero-order valence-electron chi connectivity index (χ0n) is 17.2. The lowest BCUT2D eigenvalue weighted by Crippen LogP contribution is -2.38. The van der Waals surface area contributed by atoms with E-state index in [1.807, 2.05) is 6.92 Å². The molecule has 2 aromatic carbocycles. The summed E-state index contributed by atoms with van der Waals surface area (Å²) >= 11 is 12.0. The van der Waals surface area contributed by atoms with Crippen molar-refractivity contribution in [1.82, 2.24) is 4.98 Å². The second-order valence-corrected chi connectivity index (χ2v) is 8.55. The Morgan fingerprint density at radius 2 is 1.64 bits per heavy atom. The highest BCUT2D eigenvalue weighted by atomic mass is 35.5. The number of hydrazone groups is 1. The molecule has 1 aliphatic heterocycles. The molecule has 0 saturated carbocycles. The molecule has 1 amide bonds. The minimum absolute atomic E-state index is 0.198. The molecule has 33 heavy (non-hydrogen) atoms. The first-order valence-electron chi connectivity index (χ1n) is 9.80. The zero-order valence-corrected chi connectivity index (χ0v) is 18.7. The smallest absolute Gasteiger partial charge is 0.321 e. The molecule has 0 saturated heterocycles. The summed E-state index contributed by atoms with van der Waals surface area (Å²) < 4.78 is 38.4. The quantitative estimate of drug-likeness (QED) is 0.450. The van der Waals surface area contributed by atoms with Gasteiger partial charge in [0, 0.05) is 23.3 Å². The Hall–Kier alpha value is -3.10. The Morgan fingerprint density at radius 1 is 1.00 bits per heavy atom. The van der Waals surface area contributed by atoms with Crippen molar-refractivity contribution >= 4 is 46.2 Å². The molecular formula is C23H17Cl2F3N4O. The number of anilines is 2. The first-order valence-corrected chi connectivity index (χ1v) is 10.6. The number of nitrogens with zero attached hydrogens (tertiary/aromatic N) is 3. The molecule has 1 unspecified atom stereocenters. The van der Waals surface area contributed by atoms with E-state index in [2.05, 4.69) is 15.4 Å². The van der Waals surface area contributed by atoms with Crippen molar-refractivity contribution in [2.45, 2.75) is 25.1 Å². The maximum absolute atomic E-state index is 12.9. The number of hydrogen-bond acceptors (Lipinski definition) is 4. The van der Waals surface area contributed by atoms with Crippen LogP contribution in [0.1, 0.15) is 24.6 Å². The van der Waals surface area contributed by atoms with Gasteiger partial charge in [0.1, 0.15) is 11.3 Å². The Kier molecular flexibility index (Phi) is 6.07. The average molecular weight is 493 g/mol. The van der Waals surface area contributed by atoms with Crippen molar-refractivity contribution in [2.24, 2.45) is 5.10 Å². The number of pyridine rings is 1. The van der Waals surface area contributed by atoms with Crippen molar-refractivity contribution in [3.05, 3.63) is 88.2 Å². The molecule has 0 aliphatic carbocycles. The van der Waals surface area contributed by atoms with Crippen LogP contribution < -0.4 is 10.3 Å². The van der Waals surface area contributed by atoms with Gasteiger partial charge in [0.25, 0.3) is 5.91 Å². The van der Waals surface area contributed by atoms with E-state index < -0.39 is 23.2 Å². The van der Waals surface area contributed by atoms with Crippen LogP contribution in [0, 0.1) is 0 Å². The van der Waals surface area contributed by atoms with Gasteiger partial charge in [-0.3, -0.25) is 14.8 Å². The summed E-state index contributed by atoms with van der Waals surface area (Å²) in [6.45, 7) is 1.89. The van der Waals surface area contributed by atoms with Crippen molar-refractivity contribution in [1.29, 1.82) is 0 Å². The number of alkyl halides is 3. The Balaban J connectivity index is 1.64. The first kappa shape index (κ1) is 23.1. The summed E-state index contributed by atoms with van der Waals surface area (Å²) in [5.41, 5.74) is 0.148. The van der Waals surface area contributed by atoms with E-state index in [1.54, 1.807) is 41.4 Å². The normalized spacial score (nSPS) is 18.2. The first-order chi connectivity index (χ1) is 15.6. The lowest BCUT2D eigenvalue weighted by molar-refractivity contribution is -0.137. The van der Waals surface area contributed by atoms with Gasteiger partial charge >= 0.3 is 6.18 Å². The van der Waals surface area contributed by atoms with Crippen LogP contribution in [0.15, 0.2) is 72.0 Å². The second-order valence-electron chi connectivity index (χ2n) is 7.68. The number of carbonyl (C=O) groups is 1. The SMILES string of the molecule is CC1(c2ccc(Cl)cn2)CC(C(=O)Nc2ccc(C(F)(F)F)cc2)=NN1c1ccc(Cl)cc1. The van der Waals surface area contributed by atoms with Crippen molar-refractivity contribution in [3.8, 4) is 0 Å². The highest BCUT2D eigenvalue weighted by Gasteiger charge is 2.44. The van der Waals surface area contributed by atoms with Gasteiger partial charge in [-0.15, -0.1) is 0 Å². The van der Waals surface area contributed by atoms with Crippen LogP contribution >= 0.6 is 23.2 Å². The number of amides is 1. The zero-order chi connectivity index (χ0) is 23.8. The fourth-order valence-corrected chi connectivity index (χ4v) is 3.80. The van der Waals surface area contributed by atoms with Crippen LogP contribution in [-0.2, 0) is 16.5 Å². The van der Waals surface area contributed by atoms with Crippen molar-refractivity contribution in [3.63, 3.8) is 0 Å². The molecule has 1 aromatic heterocycles. The van der Waals surface area contributed by atoms with Crippen LogP contribution in [0.4, 0.5) is 24.5 Å². The van der Waals surface area contributed by atoms with Gasteiger partial charge in [-0.25, -0.2) is 0 Å². The molecular weight excluding hydrogens is 476 g/mol. The fourth-order valence-electron chi connectivity index (χ4n) is 3.56. The van der Waals surface area contributed by atoms with Crippen LogP contribution in [0.5, 0.6) is 0 Å². The van der Waals surface area contributed by atoms with E-state index in [-0.39, 0.29) is 17.8 Å². The van der Waals surface area contributed by atoms with Crippen LogP contribution in [-0.4, -0.2) is 16.6 Å². The summed E-state index contributed by atoms with van der Waals surface area (Å²) in [5, 5.41) is 9.85. The molecule has 1 atom stereocenters. The molecule has 170 valence electrons. The van der Waals surface area contributed by atoms with E-state index >= 15 is 0 Å². The molecule has 2 heterocycles. The van der Waals surface area contributed by atoms with Gasteiger partial charge < -0.3 is 5.32 Å². The average Bonchev–Trinajstić information content (AvgIpc) is 3.13. The molecule has 0 spiro atoms. The summed E-state index contributed by atoms with van der Waals surface area (Å²) in [7, 11) is 0. The molecule has 0 fully saturated rings. The molecule has 4 rings (SSSR count). The number of benzene rings is 2. The molecule has 0 radical (unpaired) electrons. The topological polar surface area (TPSA) is 57.6 Å². The monoisotopic (exact) mass is 492 g/mol. The lowest BCUT2D eigenvalue weighted by Gasteiger charge is -2.33. The third kappa shape index (κ3) is 4.82. The van der Waals surface area contributed by atoms with Crippen molar-refractivity contribution in [2.75, 3.05) is 10.3 Å². The van der Waals surface area contributed by atoms with Crippen molar-refractivity contribution < 1.29 is 18.0 Å². The maximum Gasteiger partial charge on any atom is 0.416 e. The molecule has 3 aromatic rings. The van der Waals surface area contributed by atoms with Crippen LogP contribution in [0.3, 0.4) is 0 Å². The highest BCUT2D eigenvalue weighted by molar-refractivity contribution is 6.44. The minimum atomic E-state index is -4.45. The van der Waals surface area contributed by atoms with Gasteiger partial charge in [-0.1, -0.05) is 23.2 Å². The van der Waals surface area contributed by atoms with Crippen LogP contribution in [0.25, 0.3) is 0 Å². The lowest BCUT2D eigenvalue weighted by atomic mass is 9.90. The number of aromatic nitrogens is 1. The summed E-state index contributed by atoms with van der Waals surface area (Å²) in [6.07, 6.45) is -2.73. The summed E-state index contributed by atoms with van der Waals surface area (Å²) in [5.74, 6) is -0.522. The highest BCUT2D eigenvalue weighted by Crippen LogP contribution is 2.40. The fraction of sp³-hybridized carbons (Fsp3) is 0.174. The maximum atomic E-state index is 12.9. The van der Waals surface area contributed by atoms with E-state index in [4.69, 9.17) is 23.2 Å². The molecule has 5 nitrogen and oxygen atoms in total.